The lowest BCUT2D eigenvalue weighted by Crippen LogP contribution is -2.04. The van der Waals surface area contributed by atoms with Crippen molar-refractivity contribution in [2.75, 3.05) is 6.54 Å². The van der Waals surface area contributed by atoms with Crippen LogP contribution in [0.2, 0.25) is 10.0 Å². The summed E-state index contributed by atoms with van der Waals surface area (Å²) in [5.74, 6) is -0.271. The van der Waals surface area contributed by atoms with Gasteiger partial charge in [0.2, 0.25) is 0 Å². The predicted molar refractivity (Wildman–Crippen MR) is 79.7 cm³/mol. The number of nitrogens with two attached hydrogens (primary N) is 1. The van der Waals surface area contributed by atoms with Crippen LogP contribution in [0.5, 0.6) is 0 Å². The highest BCUT2D eigenvalue weighted by Crippen LogP contribution is 2.38. The van der Waals surface area contributed by atoms with Gasteiger partial charge < -0.3 is 5.73 Å². The Kier molecular flexibility index (Phi) is 5.11. The van der Waals surface area contributed by atoms with E-state index >= 15 is 0 Å². The Balaban J connectivity index is 2.39. The van der Waals surface area contributed by atoms with Gasteiger partial charge in [0.1, 0.15) is 5.82 Å². The van der Waals surface area contributed by atoms with Crippen LogP contribution in [-0.2, 0) is 6.42 Å². The summed E-state index contributed by atoms with van der Waals surface area (Å²) in [5.41, 5.74) is 6.43. The van der Waals surface area contributed by atoms with Gasteiger partial charge in [0.15, 0.2) is 0 Å². The molecule has 0 aliphatic heterocycles. The van der Waals surface area contributed by atoms with Crippen LogP contribution in [0.25, 0.3) is 0 Å². The maximum Gasteiger partial charge on any atom is 0.137 e. The lowest BCUT2D eigenvalue weighted by molar-refractivity contribution is 0.597. The van der Waals surface area contributed by atoms with Crippen molar-refractivity contribution in [1.29, 1.82) is 0 Å². The van der Waals surface area contributed by atoms with E-state index in [1.54, 1.807) is 24.3 Å². The summed E-state index contributed by atoms with van der Waals surface area (Å²) in [6, 6.07) is 10.1. The molecule has 0 aliphatic carbocycles. The molecule has 0 amide bonds. The van der Waals surface area contributed by atoms with Crippen LogP contribution in [0.1, 0.15) is 5.56 Å². The van der Waals surface area contributed by atoms with Gasteiger partial charge in [-0.25, -0.2) is 4.39 Å². The zero-order valence-corrected chi connectivity index (χ0v) is 12.3. The topological polar surface area (TPSA) is 26.0 Å². The summed E-state index contributed by atoms with van der Waals surface area (Å²) >= 11 is 13.3. The molecular weight excluding hydrogens is 304 g/mol. The molecule has 0 fully saturated rings. The third kappa shape index (κ3) is 3.63. The van der Waals surface area contributed by atoms with E-state index < -0.39 is 0 Å². The van der Waals surface area contributed by atoms with Gasteiger partial charge in [-0.1, -0.05) is 47.1 Å². The molecule has 2 N–H and O–H groups in total. The Labute approximate surface area is 125 Å². The van der Waals surface area contributed by atoms with E-state index in [1.165, 1.54) is 17.8 Å². The first kappa shape index (κ1) is 14.7. The van der Waals surface area contributed by atoms with Crippen LogP contribution in [0, 0.1) is 5.82 Å². The third-order valence-corrected chi connectivity index (χ3v) is 4.46. The van der Waals surface area contributed by atoms with Gasteiger partial charge in [0.05, 0.1) is 9.92 Å². The smallest absolute Gasteiger partial charge is 0.137 e. The molecule has 0 aliphatic rings. The molecule has 0 unspecified atom stereocenters. The van der Waals surface area contributed by atoms with Crippen molar-refractivity contribution in [1.82, 2.24) is 0 Å². The number of rotatable bonds is 4. The Bertz CT molecular complexity index is 590. The summed E-state index contributed by atoms with van der Waals surface area (Å²) in [4.78, 5) is 1.29. The molecular formula is C14H12Cl2FNS. The summed E-state index contributed by atoms with van der Waals surface area (Å²) in [5, 5.41) is 1.12. The first-order valence-corrected chi connectivity index (χ1v) is 7.29. The molecule has 0 saturated heterocycles. The minimum absolute atomic E-state index is 0.271. The highest BCUT2D eigenvalue weighted by molar-refractivity contribution is 7.99. The third-order valence-electron chi connectivity index (χ3n) is 2.57. The molecule has 2 aromatic carbocycles. The van der Waals surface area contributed by atoms with Crippen molar-refractivity contribution in [3.8, 4) is 0 Å². The van der Waals surface area contributed by atoms with E-state index in [0.29, 0.717) is 27.9 Å². The molecule has 0 radical (unpaired) electrons. The monoisotopic (exact) mass is 315 g/mol. The zero-order chi connectivity index (χ0) is 13.8. The molecule has 100 valence electrons. The van der Waals surface area contributed by atoms with Gasteiger partial charge in [-0.05, 0) is 42.8 Å². The Morgan fingerprint density at radius 2 is 1.95 bits per heavy atom. The number of halogens is 3. The normalized spacial score (nSPS) is 10.7. The Morgan fingerprint density at radius 3 is 2.68 bits per heavy atom. The van der Waals surface area contributed by atoms with E-state index in [9.17, 15) is 4.39 Å². The molecule has 19 heavy (non-hydrogen) atoms. The maximum absolute atomic E-state index is 14.0. The molecule has 0 heterocycles. The molecule has 2 aromatic rings. The van der Waals surface area contributed by atoms with Gasteiger partial charge >= 0.3 is 0 Å². The fourth-order valence-electron chi connectivity index (χ4n) is 1.69. The van der Waals surface area contributed by atoms with Crippen LogP contribution in [0.3, 0.4) is 0 Å². The van der Waals surface area contributed by atoms with Gasteiger partial charge in [0, 0.05) is 9.92 Å². The average Bonchev–Trinajstić information content (AvgIpc) is 2.38. The van der Waals surface area contributed by atoms with Crippen LogP contribution >= 0.6 is 35.0 Å². The van der Waals surface area contributed by atoms with E-state index in [4.69, 9.17) is 28.9 Å². The second-order valence-corrected chi connectivity index (χ2v) is 5.84. The standard InChI is InChI=1S/C14H12Cl2FNS/c15-10-4-5-11(16)13(8-10)19-14-9(6-7-18)2-1-3-12(14)17/h1-5,8H,6-7,18H2. The van der Waals surface area contributed by atoms with Crippen molar-refractivity contribution in [3.05, 3.63) is 57.8 Å². The number of hydrogen-bond donors (Lipinski definition) is 1. The van der Waals surface area contributed by atoms with Gasteiger partial charge in [-0.3, -0.25) is 0 Å². The second-order valence-electron chi connectivity index (χ2n) is 3.94. The first-order valence-electron chi connectivity index (χ1n) is 5.72. The largest absolute Gasteiger partial charge is 0.330 e. The van der Waals surface area contributed by atoms with Crippen molar-refractivity contribution in [2.24, 2.45) is 5.73 Å². The molecule has 2 rings (SSSR count). The maximum atomic E-state index is 14.0. The van der Waals surface area contributed by atoms with Crippen LogP contribution in [0.15, 0.2) is 46.2 Å². The summed E-state index contributed by atoms with van der Waals surface area (Å²) in [6.45, 7) is 0.473. The Hall–Kier alpha value is -0.740. The first-order chi connectivity index (χ1) is 9.11. The molecule has 0 aromatic heterocycles. The van der Waals surface area contributed by atoms with Crippen molar-refractivity contribution in [3.63, 3.8) is 0 Å². The fraction of sp³-hybridized carbons (Fsp3) is 0.143. The predicted octanol–water partition coefficient (Wildman–Crippen LogP) is 4.78. The Morgan fingerprint density at radius 1 is 1.16 bits per heavy atom. The van der Waals surface area contributed by atoms with Gasteiger partial charge in [0.25, 0.3) is 0 Å². The SMILES string of the molecule is NCCc1cccc(F)c1Sc1cc(Cl)ccc1Cl. The van der Waals surface area contributed by atoms with Crippen molar-refractivity contribution in [2.45, 2.75) is 16.2 Å². The molecule has 0 atom stereocenters. The molecule has 1 nitrogen and oxygen atoms in total. The molecule has 5 heteroatoms. The second kappa shape index (κ2) is 6.62. The van der Waals surface area contributed by atoms with Crippen LogP contribution in [-0.4, -0.2) is 6.54 Å². The van der Waals surface area contributed by atoms with E-state index in [1.807, 2.05) is 6.07 Å². The molecule has 0 spiro atoms. The highest BCUT2D eigenvalue weighted by atomic mass is 35.5. The van der Waals surface area contributed by atoms with Crippen LogP contribution in [0.4, 0.5) is 4.39 Å². The minimum Gasteiger partial charge on any atom is -0.330 e. The highest BCUT2D eigenvalue weighted by Gasteiger charge is 2.12. The summed E-state index contributed by atoms with van der Waals surface area (Å²) in [7, 11) is 0. The van der Waals surface area contributed by atoms with E-state index in [2.05, 4.69) is 0 Å². The minimum atomic E-state index is -0.271. The fourth-order valence-corrected chi connectivity index (χ4v) is 3.19. The summed E-state index contributed by atoms with van der Waals surface area (Å²) < 4.78 is 14.0. The van der Waals surface area contributed by atoms with Gasteiger partial charge in [-0.15, -0.1) is 0 Å². The molecule has 0 saturated carbocycles. The van der Waals surface area contributed by atoms with Crippen molar-refractivity contribution >= 4 is 35.0 Å². The van der Waals surface area contributed by atoms with Crippen molar-refractivity contribution < 1.29 is 4.39 Å². The average molecular weight is 316 g/mol. The molecule has 0 bridgehead atoms. The number of hydrogen-bond acceptors (Lipinski definition) is 2. The van der Waals surface area contributed by atoms with E-state index in [-0.39, 0.29) is 5.82 Å². The quantitative estimate of drug-likeness (QED) is 0.878. The number of benzene rings is 2. The lowest BCUT2D eigenvalue weighted by atomic mass is 10.1. The van der Waals surface area contributed by atoms with E-state index in [0.717, 1.165) is 10.5 Å². The lowest BCUT2D eigenvalue weighted by Gasteiger charge is -2.10. The summed E-state index contributed by atoms with van der Waals surface area (Å²) in [6.07, 6.45) is 0.623. The van der Waals surface area contributed by atoms with Crippen LogP contribution < -0.4 is 5.73 Å². The zero-order valence-electron chi connectivity index (χ0n) is 10.00. The van der Waals surface area contributed by atoms with Gasteiger partial charge in [-0.2, -0.15) is 0 Å².